The van der Waals surface area contributed by atoms with Crippen molar-refractivity contribution in [1.29, 1.82) is 0 Å². The first-order valence-corrected chi connectivity index (χ1v) is 9.08. The van der Waals surface area contributed by atoms with Gasteiger partial charge in [-0.2, -0.15) is 0 Å². The average molecular weight is 402 g/mol. The largest absolute Gasteiger partial charge is 0.465 e. The van der Waals surface area contributed by atoms with E-state index in [1.807, 2.05) is 26.0 Å². The smallest absolute Gasteiger partial charge is 0.339 e. The van der Waals surface area contributed by atoms with Crippen LogP contribution in [-0.2, 0) is 14.2 Å². The van der Waals surface area contributed by atoms with Crippen molar-refractivity contribution >= 4 is 27.6 Å². The first-order chi connectivity index (χ1) is 11.6. The third-order valence-electron chi connectivity index (χ3n) is 4.11. The number of benzene rings is 1. The highest BCUT2D eigenvalue weighted by molar-refractivity contribution is 9.10. The number of piperidine rings is 1. The van der Waals surface area contributed by atoms with Gasteiger partial charge >= 0.3 is 5.97 Å². The predicted octanol–water partition coefficient (Wildman–Crippen LogP) is 4.10. The van der Waals surface area contributed by atoms with Gasteiger partial charge in [0, 0.05) is 43.4 Å². The highest BCUT2D eigenvalue weighted by Gasteiger charge is 2.27. The van der Waals surface area contributed by atoms with Crippen molar-refractivity contribution in [1.82, 2.24) is 0 Å². The van der Waals surface area contributed by atoms with Crippen LogP contribution in [0.25, 0.3) is 0 Å². The molecule has 1 aliphatic heterocycles. The van der Waals surface area contributed by atoms with Crippen LogP contribution in [0.15, 0.2) is 22.7 Å². The van der Waals surface area contributed by atoms with Crippen molar-refractivity contribution in [2.45, 2.75) is 33.0 Å². The molecule has 136 valence electrons. The highest BCUT2D eigenvalue weighted by atomic mass is 79.9. The Hall–Kier alpha value is -1.11. The molecule has 1 heterocycles. The molecule has 24 heavy (non-hydrogen) atoms. The molecular weight excluding hydrogens is 374 g/mol. The van der Waals surface area contributed by atoms with E-state index in [9.17, 15) is 4.79 Å². The number of anilines is 1. The van der Waals surface area contributed by atoms with E-state index < -0.39 is 0 Å². The molecule has 1 saturated heterocycles. The summed E-state index contributed by atoms with van der Waals surface area (Å²) >= 11 is 3.45. The molecule has 0 radical (unpaired) electrons. The normalized spacial score (nSPS) is 15.0. The molecule has 0 amide bonds. The second kappa shape index (κ2) is 10.7. The molecule has 0 atom stereocenters. The Morgan fingerprint density at radius 1 is 1.17 bits per heavy atom. The van der Waals surface area contributed by atoms with Gasteiger partial charge in [0.1, 0.15) is 0 Å². The van der Waals surface area contributed by atoms with Crippen LogP contribution < -0.4 is 4.90 Å². The van der Waals surface area contributed by atoms with Crippen LogP contribution in [0, 0.1) is 5.92 Å². The van der Waals surface area contributed by atoms with E-state index in [2.05, 4.69) is 20.8 Å². The van der Waals surface area contributed by atoms with E-state index in [-0.39, 0.29) is 12.3 Å². The van der Waals surface area contributed by atoms with Crippen LogP contribution in [-0.4, -0.2) is 46.7 Å². The average Bonchev–Trinajstić information content (AvgIpc) is 2.64. The molecule has 0 spiro atoms. The van der Waals surface area contributed by atoms with E-state index in [0.29, 0.717) is 11.5 Å². The van der Waals surface area contributed by atoms with Crippen LogP contribution >= 0.6 is 15.9 Å². The molecule has 0 unspecified atom stereocenters. The van der Waals surface area contributed by atoms with E-state index in [1.54, 1.807) is 20.3 Å². The number of carbonyl (C=O) groups excluding carboxylic acids is 1. The summed E-state index contributed by atoms with van der Waals surface area (Å²) in [5.41, 5.74) is 1.64. The molecule has 0 aromatic heterocycles. The molecule has 1 aliphatic rings. The molecular formula is C18H28BrNO4. The van der Waals surface area contributed by atoms with Crippen LogP contribution in [0.1, 0.15) is 37.0 Å². The first kappa shape index (κ1) is 20.9. The number of carbonyl (C=O) groups is 1. The van der Waals surface area contributed by atoms with E-state index in [1.165, 1.54) is 7.11 Å². The lowest BCUT2D eigenvalue weighted by atomic mass is 9.95. The minimum Gasteiger partial charge on any atom is -0.465 e. The zero-order valence-corrected chi connectivity index (χ0v) is 16.8. The number of nitrogens with zero attached hydrogens (tertiary/aromatic N) is 1. The summed E-state index contributed by atoms with van der Waals surface area (Å²) in [7, 11) is 4.75. The van der Waals surface area contributed by atoms with Crippen molar-refractivity contribution in [3.05, 3.63) is 28.2 Å². The summed E-state index contributed by atoms with van der Waals surface area (Å²) in [5.74, 6) is 0.0872. The van der Waals surface area contributed by atoms with Crippen LogP contribution in [0.2, 0.25) is 0 Å². The van der Waals surface area contributed by atoms with E-state index >= 15 is 0 Å². The SMILES string of the molecule is CC.COC(=O)c1ccc(N2CCC(C(OC)OC)CC2)cc1Br. The number of rotatable bonds is 5. The van der Waals surface area contributed by atoms with Gasteiger partial charge in [-0.3, -0.25) is 0 Å². The van der Waals surface area contributed by atoms with Crippen molar-refractivity contribution in [2.75, 3.05) is 39.3 Å². The van der Waals surface area contributed by atoms with E-state index in [0.717, 1.165) is 36.1 Å². The summed E-state index contributed by atoms with van der Waals surface area (Å²) < 4.78 is 16.2. The Morgan fingerprint density at radius 3 is 2.21 bits per heavy atom. The van der Waals surface area contributed by atoms with Crippen LogP contribution in [0.4, 0.5) is 5.69 Å². The Kier molecular flexibility index (Phi) is 9.33. The lowest BCUT2D eigenvalue weighted by Gasteiger charge is -2.36. The zero-order chi connectivity index (χ0) is 18.1. The third-order valence-corrected chi connectivity index (χ3v) is 4.77. The van der Waals surface area contributed by atoms with Crippen molar-refractivity contribution in [3.8, 4) is 0 Å². The number of esters is 1. The van der Waals surface area contributed by atoms with Crippen LogP contribution in [0.5, 0.6) is 0 Å². The summed E-state index contributed by atoms with van der Waals surface area (Å²) in [6.45, 7) is 5.88. The van der Waals surface area contributed by atoms with Gasteiger partial charge in [-0.15, -0.1) is 0 Å². The number of methoxy groups -OCH3 is 3. The maximum absolute atomic E-state index is 11.6. The second-order valence-electron chi connectivity index (χ2n) is 5.32. The van der Waals surface area contributed by atoms with E-state index in [4.69, 9.17) is 14.2 Å². The number of hydrogen-bond acceptors (Lipinski definition) is 5. The molecule has 1 aromatic rings. The maximum Gasteiger partial charge on any atom is 0.339 e. The highest BCUT2D eigenvalue weighted by Crippen LogP contribution is 2.29. The Balaban J connectivity index is 0.00000139. The lowest BCUT2D eigenvalue weighted by Crippen LogP contribution is -2.39. The van der Waals surface area contributed by atoms with Gasteiger partial charge in [0.25, 0.3) is 0 Å². The van der Waals surface area contributed by atoms with Crippen molar-refractivity contribution < 1.29 is 19.0 Å². The molecule has 1 fully saturated rings. The van der Waals surface area contributed by atoms with Gasteiger partial charge < -0.3 is 19.1 Å². The quantitative estimate of drug-likeness (QED) is 0.548. The van der Waals surface area contributed by atoms with Gasteiger partial charge in [-0.1, -0.05) is 13.8 Å². The van der Waals surface area contributed by atoms with Crippen molar-refractivity contribution in [3.63, 3.8) is 0 Å². The monoisotopic (exact) mass is 401 g/mol. The molecule has 6 heteroatoms. The van der Waals surface area contributed by atoms with Gasteiger partial charge in [-0.25, -0.2) is 4.79 Å². The maximum atomic E-state index is 11.6. The number of hydrogen-bond donors (Lipinski definition) is 0. The Labute approximate surface area is 153 Å². The second-order valence-corrected chi connectivity index (χ2v) is 6.17. The third kappa shape index (κ3) is 5.19. The fourth-order valence-electron chi connectivity index (χ4n) is 2.89. The van der Waals surface area contributed by atoms with Gasteiger partial charge in [-0.05, 0) is 47.0 Å². The summed E-state index contributed by atoms with van der Waals surface area (Å²) in [6.07, 6.45) is 1.90. The molecule has 1 aromatic carbocycles. The molecule has 2 rings (SSSR count). The molecule has 0 N–H and O–H groups in total. The minimum absolute atomic E-state index is 0.129. The summed E-state index contributed by atoms with van der Waals surface area (Å²) in [4.78, 5) is 13.9. The summed E-state index contributed by atoms with van der Waals surface area (Å²) in [5, 5.41) is 0. The Morgan fingerprint density at radius 2 is 1.75 bits per heavy atom. The number of ether oxygens (including phenoxy) is 3. The molecule has 5 nitrogen and oxygen atoms in total. The lowest BCUT2D eigenvalue weighted by molar-refractivity contribution is -0.141. The fraction of sp³-hybridized carbons (Fsp3) is 0.611. The zero-order valence-electron chi connectivity index (χ0n) is 15.2. The minimum atomic E-state index is -0.333. The standard InChI is InChI=1S/C16H22BrNO4.C2H6/c1-20-15(19)13-5-4-12(10-14(13)17)18-8-6-11(7-9-18)16(21-2)22-3;1-2/h4-5,10-11,16H,6-9H2,1-3H3;1-2H3. The molecule has 0 bridgehead atoms. The molecule has 0 aliphatic carbocycles. The summed E-state index contributed by atoms with van der Waals surface area (Å²) in [6, 6.07) is 5.72. The fourth-order valence-corrected chi connectivity index (χ4v) is 3.42. The topological polar surface area (TPSA) is 48.0 Å². The number of halogens is 1. The van der Waals surface area contributed by atoms with Crippen LogP contribution in [0.3, 0.4) is 0 Å². The van der Waals surface area contributed by atoms with Crippen molar-refractivity contribution in [2.24, 2.45) is 5.92 Å². The Bertz CT molecular complexity index is 512. The first-order valence-electron chi connectivity index (χ1n) is 8.29. The van der Waals surface area contributed by atoms with Gasteiger partial charge in [0.2, 0.25) is 0 Å². The predicted molar refractivity (Wildman–Crippen MR) is 99.6 cm³/mol. The molecule has 0 saturated carbocycles. The van der Waals surface area contributed by atoms with Gasteiger partial charge in [0.05, 0.1) is 12.7 Å². The van der Waals surface area contributed by atoms with Gasteiger partial charge in [0.15, 0.2) is 6.29 Å².